The van der Waals surface area contributed by atoms with Gasteiger partial charge in [-0.15, -0.1) is 10.2 Å². The molecule has 18 heavy (non-hydrogen) atoms. The van der Waals surface area contributed by atoms with Crippen LogP contribution in [-0.2, 0) is 0 Å². The quantitative estimate of drug-likeness (QED) is 0.584. The molecule has 0 aliphatic rings. The lowest BCUT2D eigenvalue weighted by molar-refractivity contribution is -0.253. The van der Waals surface area contributed by atoms with E-state index in [2.05, 4.69) is 26.1 Å². The molecule has 1 atom stereocenters. The molecule has 0 saturated heterocycles. The van der Waals surface area contributed by atoms with Gasteiger partial charge in [0.15, 0.2) is 0 Å². The Bertz CT molecular complexity index is 387. The van der Waals surface area contributed by atoms with E-state index in [4.69, 9.17) is 0 Å². The molecule has 1 aromatic heterocycles. The number of nitrogens with zero attached hydrogens (tertiary/aromatic N) is 2. The standard InChI is InChI=1S/C8H7BrF6N2S/c1-2-3(9)5-16-17-6(18-5)4(7(10,11)12)8(13,14)15/h3-4H,2H2,1H3. The van der Waals surface area contributed by atoms with Crippen LogP contribution in [0.4, 0.5) is 26.3 Å². The maximum Gasteiger partial charge on any atom is 0.406 e. The van der Waals surface area contributed by atoms with Gasteiger partial charge in [0.05, 0.1) is 4.83 Å². The van der Waals surface area contributed by atoms with Gasteiger partial charge in [0.2, 0.25) is 5.92 Å². The fraction of sp³-hybridized carbons (Fsp3) is 0.750. The fourth-order valence-electron chi connectivity index (χ4n) is 1.13. The predicted octanol–water partition coefficient (Wildman–Crippen LogP) is 4.59. The minimum absolute atomic E-state index is 0.103. The van der Waals surface area contributed by atoms with Crippen molar-refractivity contribution >= 4 is 27.3 Å². The normalized spacial score (nSPS) is 15.2. The van der Waals surface area contributed by atoms with E-state index in [1.54, 1.807) is 6.92 Å². The van der Waals surface area contributed by atoms with Crippen LogP contribution < -0.4 is 0 Å². The summed E-state index contributed by atoms with van der Waals surface area (Å²) in [6.45, 7) is 1.71. The summed E-state index contributed by atoms with van der Waals surface area (Å²) in [7, 11) is 0. The summed E-state index contributed by atoms with van der Waals surface area (Å²) in [6.07, 6.45) is -10.4. The summed E-state index contributed by atoms with van der Waals surface area (Å²) in [5.41, 5.74) is 0. The summed E-state index contributed by atoms with van der Waals surface area (Å²) in [5.74, 6) is -3.58. The van der Waals surface area contributed by atoms with Crippen LogP contribution in [0.3, 0.4) is 0 Å². The zero-order valence-corrected chi connectivity index (χ0v) is 11.2. The molecule has 2 nitrogen and oxygen atoms in total. The van der Waals surface area contributed by atoms with Crippen LogP contribution in [0.25, 0.3) is 0 Å². The number of rotatable bonds is 3. The number of hydrogen-bond donors (Lipinski definition) is 0. The van der Waals surface area contributed by atoms with Gasteiger partial charge in [0.1, 0.15) is 10.0 Å². The predicted molar refractivity (Wildman–Crippen MR) is 56.7 cm³/mol. The minimum atomic E-state index is -5.43. The SMILES string of the molecule is CCC(Br)c1nnc(C(C(F)(F)F)C(F)(F)F)s1. The van der Waals surface area contributed by atoms with Gasteiger partial charge in [-0.1, -0.05) is 34.2 Å². The molecule has 0 aromatic carbocycles. The van der Waals surface area contributed by atoms with E-state index in [1.165, 1.54) is 0 Å². The first-order valence-electron chi connectivity index (χ1n) is 4.68. The van der Waals surface area contributed by atoms with Crippen molar-refractivity contribution in [3.05, 3.63) is 10.0 Å². The molecule has 0 fully saturated rings. The molecule has 1 heterocycles. The van der Waals surface area contributed by atoms with Crippen LogP contribution in [-0.4, -0.2) is 22.5 Å². The molecule has 0 bridgehead atoms. The highest BCUT2D eigenvalue weighted by Gasteiger charge is 2.59. The van der Waals surface area contributed by atoms with E-state index in [-0.39, 0.29) is 5.01 Å². The van der Waals surface area contributed by atoms with Crippen molar-refractivity contribution in [3.63, 3.8) is 0 Å². The Hall–Kier alpha value is -0.380. The molecule has 0 aliphatic carbocycles. The number of hydrogen-bond acceptors (Lipinski definition) is 3. The molecule has 0 N–H and O–H groups in total. The molecule has 1 rings (SSSR count). The lowest BCUT2D eigenvalue weighted by Gasteiger charge is -2.20. The minimum Gasteiger partial charge on any atom is -0.170 e. The number of halogens is 7. The molecule has 1 unspecified atom stereocenters. The maximum absolute atomic E-state index is 12.4. The largest absolute Gasteiger partial charge is 0.406 e. The smallest absolute Gasteiger partial charge is 0.170 e. The van der Waals surface area contributed by atoms with Crippen LogP contribution >= 0.6 is 27.3 Å². The van der Waals surface area contributed by atoms with Gasteiger partial charge in [-0.3, -0.25) is 0 Å². The van der Waals surface area contributed by atoms with E-state index in [0.29, 0.717) is 17.8 Å². The van der Waals surface area contributed by atoms with E-state index < -0.39 is 28.1 Å². The Kier molecular flexibility index (Phi) is 4.63. The fourth-order valence-corrected chi connectivity index (χ4v) is 2.56. The molecule has 0 saturated carbocycles. The van der Waals surface area contributed by atoms with Crippen molar-refractivity contribution in [1.82, 2.24) is 10.2 Å². The molecule has 0 radical (unpaired) electrons. The zero-order valence-electron chi connectivity index (χ0n) is 8.81. The first-order chi connectivity index (χ1) is 8.07. The highest BCUT2D eigenvalue weighted by molar-refractivity contribution is 9.09. The van der Waals surface area contributed by atoms with Gasteiger partial charge < -0.3 is 0 Å². The first kappa shape index (κ1) is 15.7. The molecular formula is C8H7BrF6N2S. The Balaban J connectivity index is 3.12. The lowest BCUT2D eigenvalue weighted by Crippen LogP contribution is -2.34. The van der Waals surface area contributed by atoms with E-state index in [0.717, 1.165) is 0 Å². The second-order valence-electron chi connectivity index (χ2n) is 3.37. The molecule has 0 amide bonds. The van der Waals surface area contributed by atoms with Crippen molar-refractivity contribution < 1.29 is 26.3 Å². The van der Waals surface area contributed by atoms with Gasteiger partial charge in [-0.05, 0) is 6.42 Å². The van der Waals surface area contributed by atoms with E-state index in [9.17, 15) is 26.3 Å². The van der Waals surface area contributed by atoms with Crippen LogP contribution in [0.1, 0.15) is 34.1 Å². The Morgan fingerprint density at radius 2 is 1.50 bits per heavy atom. The van der Waals surface area contributed by atoms with Crippen LogP contribution in [0.5, 0.6) is 0 Å². The highest BCUT2D eigenvalue weighted by Crippen LogP contribution is 2.47. The molecular weight excluding hydrogens is 350 g/mol. The van der Waals surface area contributed by atoms with Crippen LogP contribution in [0.15, 0.2) is 0 Å². The van der Waals surface area contributed by atoms with E-state index >= 15 is 0 Å². The third kappa shape index (κ3) is 3.56. The number of aromatic nitrogens is 2. The van der Waals surface area contributed by atoms with Crippen molar-refractivity contribution in [3.8, 4) is 0 Å². The van der Waals surface area contributed by atoms with Crippen molar-refractivity contribution in [2.24, 2.45) is 0 Å². The average molecular weight is 357 g/mol. The van der Waals surface area contributed by atoms with Crippen LogP contribution in [0, 0.1) is 0 Å². The second kappa shape index (κ2) is 5.32. The van der Waals surface area contributed by atoms with Gasteiger partial charge in [-0.25, -0.2) is 0 Å². The summed E-state index contributed by atoms with van der Waals surface area (Å²) >= 11 is 3.41. The Labute approximate surface area is 111 Å². The number of alkyl halides is 7. The first-order valence-corrected chi connectivity index (χ1v) is 6.41. The summed E-state index contributed by atoms with van der Waals surface area (Å²) in [6, 6.07) is 0. The molecule has 0 aliphatic heterocycles. The molecule has 1 aromatic rings. The van der Waals surface area contributed by atoms with Gasteiger partial charge in [0.25, 0.3) is 0 Å². The molecule has 10 heteroatoms. The van der Waals surface area contributed by atoms with Gasteiger partial charge >= 0.3 is 12.4 Å². The Morgan fingerprint density at radius 3 is 1.89 bits per heavy atom. The van der Waals surface area contributed by atoms with Crippen molar-refractivity contribution in [2.75, 3.05) is 0 Å². The Morgan fingerprint density at radius 1 is 1.06 bits per heavy atom. The maximum atomic E-state index is 12.4. The molecule has 104 valence electrons. The average Bonchev–Trinajstić information content (AvgIpc) is 2.60. The summed E-state index contributed by atoms with van der Waals surface area (Å²) < 4.78 is 74.4. The van der Waals surface area contributed by atoms with Crippen molar-refractivity contribution in [2.45, 2.75) is 36.4 Å². The van der Waals surface area contributed by atoms with Gasteiger partial charge in [0, 0.05) is 0 Å². The highest BCUT2D eigenvalue weighted by atomic mass is 79.9. The molecule has 0 spiro atoms. The topological polar surface area (TPSA) is 25.8 Å². The van der Waals surface area contributed by atoms with Gasteiger partial charge in [-0.2, -0.15) is 26.3 Å². The monoisotopic (exact) mass is 356 g/mol. The van der Waals surface area contributed by atoms with Crippen molar-refractivity contribution in [1.29, 1.82) is 0 Å². The third-order valence-electron chi connectivity index (χ3n) is 1.98. The summed E-state index contributed by atoms with van der Waals surface area (Å²) in [4.78, 5) is -0.397. The third-order valence-corrected chi connectivity index (χ3v) is 4.47. The van der Waals surface area contributed by atoms with Crippen LogP contribution in [0.2, 0.25) is 0 Å². The second-order valence-corrected chi connectivity index (χ2v) is 5.52. The zero-order chi connectivity index (χ0) is 14.1. The van der Waals surface area contributed by atoms with E-state index in [1.807, 2.05) is 0 Å². The lowest BCUT2D eigenvalue weighted by atomic mass is 10.1. The summed E-state index contributed by atoms with van der Waals surface area (Å²) in [5, 5.41) is 5.40.